The van der Waals surface area contributed by atoms with E-state index in [2.05, 4.69) is 5.43 Å². The molecule has 0 spiro atoms. The van der Waals surface area contributed by atoms with Crippen LogP contribution >= 0.6 is 0 Å². The number of carbonyl (C=O) groups is 1. The second-order valence-electron chi connectivity index (χ2n) is 10.4. The van der Waals surface area contributed by atoms with E-state index >= 15 is 0 Å². The lowest BCUT2D eigenvalue weighted by atomic mass is 9.97. The normalized spacial score (nSPS) is 26.2. The lowest BCUT2D eigenvalue weighted by molar-refractivity contribution is -0.516. The summed E-state index contributed by atoms with van der Waals surface area (Å²) in [6.45, 7) is 1.37. The fourth-order valence-electron chi connectivity index (χ4n) is 5.77. The fraction of sp³-hybridized carbons (Fsp3) is 0.407. The van der Waals surface area contributed by atoms with E-state index in [-0.39, 0.29) is 40.5 Å². The van der Waals surface area contributed by atoms with E-state index in [1.165, 1.54) is 23.9 Å². The van der Waals surface area contributed by atoms with Gasteiger partial charge in [0.2, 0.25) is 0 Å². The third-order valence-electron chi connectivity index (χ3n) is 7.68. The van der Waals surface area contributed by atoms with Gasteiger partial charge in [0.25, 0.3) is 5.91 Å². The first-order chi connectivity index (χ1) is 18.1. The number of hydrogen-bond donors (Lipinski definition) is 3. The minimum absolute atomic E-state index is 0.00626. The van der Waals surface area contributed by atoms with Crippen molar-refractivity contribution in [1.82, 2.24) is 10.4 Å². The topological polar surface area (TPSA) is 107 Å². The number of rotatable bonds is 6. The van der Waals surface area contributed by atoms with Crippen LogP contribution in [-0.2, 0) is 14.6 Å². The maximum Gasteiger partial charge on any atom is 0.283 e. The quantitative estimate of drug-likeness (QED) is 0.376. The molecule has 0 aromatic heterocycles. The molecule has 2 aliphatic heterocycles. The molecule has 1 saturated heterocycles. The Morgan fingerprint density at radius 1 is 1.08 bits per heavy atom. The van der Waals surface area contributed by atoms with Gasteiger partial charge in [0.05, 0.1) is 17.1 Å². The molecule has 5 rings (SSSR count). The van der Waals surface area contributed by atoms with Gasteiger partial charge in [0, 0.05) is 37.2 Å². The maximum atomic E-state index is 14.6. The first-order valence-corrected chi connectivity index (χ1v) is 14.5. The summed E-state index contributed by atoms with van der Waals surface area (Å²) in [5, 5.41) is 11.8. The van der Waals surface area contributed by atoms with E-state index in [9.17, 15) is 26.4 Å². The molecule has 2 atom stereocenters. The summed E-state index contributed by atoms with van der Waals surface area (Å²) in [5.41, 5.74) is 3.34. The van der Waals surface area contributed by atoms with Crippen LogP contribution in [0.1, 0.15) is 32.1 Å². The zero-order valence-corrected chi connectivity index (χ0v) is 21.6. The van der Waals surface area contributed by atoms with Crippen LogP contribution in [-0.4, -0.2) is 49.6 Å². The number of nitrogens with zero attached hydrogens (tertiary/aromatic N) is 1. The molecular weight excluding hydrogens is 517 g/mol. The van der Waals surface area contributed by atoms with Gasteiger partial charge in [-0.2, -0.15) is 0 Å². The Hall–Kier alpha value is -3.02. The minimum atomic E-state index is -3.75. The van der Waals surface area contributed by atoms with Crippen LogP contribution in [0.5, 0.6) is 0 Å². The number of allylic oxidation sites excluding steroid dienone is 6. The highest BCUT2D eigenvalue weighted by Crippen LogP contribution is 2.37. The number of benzene rings is 1. The fourth-order valence-corrected chi connectivity index (χ4v) is 7.33. The van der Waals surface area contributed by atoms with Crippen molar-refractivity contribution < 1.29 is 31.7 Å². The van der Waals surface area contributed by atoms with Gasteiger partial charge in [-0.3, -0.25) is 20.9 Å². The Bertz CT molecular complexity index is 1400. The number of amides is 1. The molecular formula is C27H30F3N4O3S+. The average molecular weight is 548 g/mol. The molecule has 1 aromatic carbocycles. The van der Waals surface area contributed by atoms with Crippen molar-refractivity contribution in [3.8, 4) is 0 Å². The van der Waals surface area contributed by atoms with Gasteiger partial charge in [-0.25, -0.2) is 26.6 Å². The summed E-state index contributed by atoms with van der Waals surface area (Å²) in [6, 6.07) is 3.02. The standard InChI is InChI=1S/C27H29F3N4O3S/c28-20-6-4-16(5-7-20)10-19-14-38(36,37)15-22(26(19)32-24-9-8-21(29)11-23(24)30)25(31)27(35)33-34-12-17-2-1-3-18(17)13-34/h4,6,8-11,17-18,31-32H,1-3,5,7,12-15H2,(H,33,35)/p+1. The number of hydrogen-bond acceptors (Lipinski definition) is 5. The van der Waals surface area contributed by atoms with Crippen molar-refractivity contribution >= 4 is 27.1 Å². The van der Waals surface area contributed by atoms with Crippen molar-refractivity contribution in [3.63, 3.8) is 0 Å². The van der Waals surface area contributed by atoms with Gasteiger partial charge >= 0.3 is 0 Å². The number of sulfone groups is 1. The third kappa shape index (κ3) is 5.84. The van der Waals surface area contributed by atoms with Gasteiger partial charge in [-0.05, 0) is 54.9 Å². The number of fused-ring (bicyclic) bond motifs is 1. The van der Waals surface area contributed by atoms with Crippen molar-refractivity contribution in [1.29, 1.82) is 5.41 Å². The zero-order valence-electron chi connectivity index (χ0n) is 20.8. The van der Waals surface area contributed by atoms with Gasteiger partial charge < -0.3 is 0 Å². The second-order valence-corrected chi connectivity index (χ2v) is 12.5. The molecule has 7 nitrogen and oxygen atoms in total. The van der Waals surface area contributed by atoms with E-state index in [1.54, 1.807) is 17.2 Å². The largest absolute Gasteiger partial charge is 0.295 e. The zero-order chi connectivity index (χ0) is 27.0. The van der Waals surface area contributed by atoms with Crippen molar-refractivity contribution in [3.05, 3.63) is 76.3 Å². The summed E-state index contributed by atoms with van der Waals surface area (Å²) in [6.07, 6.45) is 8.33. The van der Waals surface area contributed by atoms with Crippen LogP contribution in [0.3, 0.4) is 0 Å². The van der Waals surface area contributed by atoms with Gasteiger partial charge in [-0.15, -0.1) is 0 Å². The molecule has 1 aromatic rings. The SMILES string of the molecule is N=C(C(=O)NN1CC2CCCC2C1)C1=C([NH2+]c2ccc(F)cc2F)C(=CC2=CC=C(F)CC2)CS(=O)(=O)C1. The Labute approximate surface area is 219 Å². The van der Waals surface area contributed by atoms with E-state index < -0.39 is 38.8 Å². The molecule has 4 aliphatic rings. The van der Waals surface area contributed by atoms with E-state index in [1.807, 2.05) is 0 Å². The molecule has 11 heteroatoms. The van der Waals surface area contributed by atoms with Gasteiger partial charge in [0.1, 0.15) is 23.1 Å². The highest BCUT2D eigenvalue weighted by molar-refractivity contribution is 7.91. The predicted octanol–water partition coefficient (Wildman–Crippen LogP) is 3.13. The Kier molecular flexibility index (Phi) is 7.43. The van der Waals surface area contributed by atoms with Gasteiger partial charge in [-0.1, -0.05) is 12.5 Å². The number of halogens is 3. The molecule has 2 aliphatic carbocycles. The Morgan fingerprint density at radius 2 is 1.82 bits per heavy atom. The Morgan fingerprint density at radius 3 is 2.47 bits per heavy atom. The maximum absolute atomic E-state index is 14.6. The van der Waals surface area contributed by atoms with Gasteiger partial charge in [0.15, 0.2) is 21.3 Å². The van der Waals surface area contributed by atoms with E-state index in [4.69, 9.17) is 5.41 Å². The van der Waals surface area contributed by atoms with Crippen LogP contribution in [0.25, 0.3) is 0 Å². The highest BCUT2D eigenvalue weighted by atomic mass is 32.2. The monoisotopic (exact) mass is 547 g/mol. The van der Waals surface area contributed by atoms with Crippen LogP contribution < -0.4 is 10.7 Å². The summed E-state index contributed by atoms with van der Waals surface area (Å²) < 4.78 is 67.6. The van der Waals surface area contributed by atoms with Crippen molar-refractivity contribution in [2.75, 3.05) is 24.6 Å². The number of hydrazine groups is 1. The highest BCUT2D eigenvalue weighted by Gasteiger charge is 2.39. The van der Waals surface area contributed by atoms with Crippen LogP contribution in [0.15, 0.2) is 64.7 Å². The predicted molar refractivity (Wildman–Crippen MR) is 136 cm³/mol. The number of carbonyl (C=O) groups excluding carboxylic acids is 1. The molecule has 38 heavy (non-hydrogen) atoms. The number of nitrogens with two attached hydrogens (primary N) is 1. The van der Waals surface area contributed by atoms with Crippen LogP contribution in [0, 0.1) is 28.9 Å². The molecule has 1 amide bonds. The second kappa shape index (κ2) is 10.6. The summed E-state index contributed by atoms with van der Waals surface area (Å²) >= 11 is 0. The number of quaternary nitrogens is 1. The van der Waals surface area contributed by atoms with Crippen molar-refractivity contribution in [2.45, 2.75) is 32.1 Å². The third-order valence-corrected chi connectivity index (χ3v) is 9.16. The lowest BCUT2D eigenvalue weighted by Gasteiger charge is -2.24. The van der Waals surface area contributed by atoms with E-state index in [0.29, 0.717) is 43.0 Å². The van der Waals surface area contributed by atoms with Crippen LogP contribution in [0.2, 0.25) is 0 Å². The molecule has 202 valence electrons. The van der Waals surface area contributed by atoms with Crippen molar-refractivity contribution in [2.24, 2.45) is 11.8 Å². The summed E-state index contributed by atoms with van der Waals surface area (Å²) in [4.78, 5) is 13.1. The first kappa shape index (κ1) is 26.6. The average Bonchev–Trinajstić information content (AvgIpc) is 3.44. The Balaban J connectivity index is 1.51. The first-order valence-electron chi connectivity index (χ1n) is 12.7. The minimum Gasteiger partial charge on any atom is -0.295 e. The molecule has 1 saturated carbocycles. The summed E-state index contributed by atoms with van der Waals surface area (Å²) in [5.74, 6) is -2.59. The number of nitrogens with one attached hydrogen (secondary N) is 2. The molecule has 4 N–H and O–H groups in total. The van der Waals surface area contributed by atoms with Crippen LogP contribution in [0.4, 0.5) is 18.9 Å². The molecule has 2 fully saturated rings. The summed E-state index contributed by atoms with van der Waals surface area (Å²) in [7, 11) is -3.75. The molecule has 0 bridgehead atoms. The molecule has 2 heterocycles. The smallest absolute Gasteiger partial charge is 0.283 e. The molecule has 0 radical (unpaired) electrons. The lowest BCUT2D eigenvalue weighted by Crippen LogP contribution is -2.78. The van der Waals surface area contributed by atoms with E-state index in [0.717, 1.165) is 18.9 Å². The molecule has 2 unspecified atom stereocenters.